The fourth-order valence-corrected chi connectivity index (χ4v) is 9.96. The lowest BCUT2D eigenvalue weighted by molar-refractivity contribution is -0.146. The summed E-state index contributed by atoms with van der Waals surface area (Å²) in [5.41, 5.74) is 22.0. The SMILES string of the molecule is CCOC(=O)C(=C/C=C(/C)CC/C=C(/C)CC/C=C(/C)CC/C=C(/C)CC/C=C(/C)CC/C=C(/C)CC/C=C(/C)CC/C=C(/C)CC/C=C(/C)CC/C=C(/C)CC/C=C(/C)CC/C=C(/C)CC/C=C(\C)CC/C=C(\C)CCC=C(C)C)C(=O)OCC. The van der Waals surface area contributed by atoms with Gasteiger partial charge in [-0.15, -0.1) is 0 Å². The molecule has 0 heterocycles. The van der Waals surface area contributed by atoms with Crippen LogP contribution < -0.4 is 0 Å². The third kappa shape index (κ3) is 49.8. The van der Waals surface area contributed by atoms with Crippen molar-refractivity contribution in [2.75, 3.05) is 13.2 Å². The summed E-state index contributed by atoms with van der Waals surface area (Å²) >= 11 is 0. The predicted molar refractivity (Wildman–Crippen MR) is 383 cm³/mol. The van der Waals surface area contributed by atoms with E-state index < -0.39 is 11.9 Å². The molecule has 0 rings (SSSR count). The van der Waals surface area contributed by atoms with Crippen LogP contribution in [0, 0.1) is 0 Å². The van der Waals surface area contributed by atoms with Gasteiger partial charge >= 0.3 is 11.9 Å². The van der Waals surface area contributed by atoms with Crippen molar-refractivity contribution in [1.29, 1.82) is 0 Å². The second-order valence-corrected chi connectivity index (χ2v) is 25.5. The fraction of sp³-hybridized carbons (Fsp3) is 0.585. The lowest BCUT2D eigenvalue weighted by Gasteiger charge is -2.06. The molecule has 0 aliphatic heterocycles. The molecule has 0 aromatic heterocycles. The van der Waals surface area contributed by atoms with E-state index in [1.54, 1.807) is 13.8 Å². The minimum atomic E-state index is -0.650. The van der Waals surface area contributed by atoms with E-state index in [1.165, 1.54) is 123 Å². The maximum absolute atomic E-state index is 12.2. The van der Waals surface area contributed by atoms with Crippen LogP contribution in [0.25, 0.3) is 0 Å². The van der Waals surface area contributed by atoms with Crippen LogP contribution in [0.5, 0.6) is 0 Å². The number of rotatable bonds is 47. The first-order valence-electron chi connectivity index (χ1n) is 33.9. The number of esters is 2. The van der Waals surface area contributed by atoms with Crippen LogP contribution in [0.1, 0.15) is 304 Å². The number of carbonyl (C=O) groups is 2. The van der Waals surface area contributed by atoms with Crippen LogP contribution in [0.3, 0.4) is 0 Å². The Morgan fingerprint density at radius 2 is 0.372 bits per heavy atom. The Morgan fingerprint density at radius 3 is 0.523 bits per heavy atom. The summed E-state index contributed by atoms with van der Waals surface area (Å²) in [5.74, 6) is -1.30. The highest BCUT2D eigenvalue weighted by molar-refractivity contribution is 6.14. The molecule has 0 fully saturated rings. The summed E-state index contributed by atoms with van der Waals surface area (Å²) in [5, 5.41) is 0. The van der Waals surface area contributed by atoms with Gasteiger partial charge in [0.1, 0.15) is 5.57 Å². The van der Waals surface area contributed by atoms with Gasteiger partial charge in [0.2, 0.25) is 0 Å². The minimum absolute atomic E-state index is 0.0696. The molecule has 0 N–H and O–H groups in total. The van der Waals surface area contributed by atoms with Crippen LogP contribution >= 0.6 is 0 Å². The predicted octanol–water partition coefficient (Wildman–Crippen LogP) is 26.2. The summed E-state index contributed by atoms with van der Waals surface area (Å²) in [6.07, 6.45) is 68.9. The highest BCUT2D eigenvalue weighted by Crippen LogP contribution is 2.21. The molecule has 0 aliphatic rings. The van der Waals surface area contributed by atoms with Crippen molar-refractivity contribution in [1.82, 2.24) is 0 Å². The summed E-state index contributed by atoms with van der Waals surface area (Å²) in [6, 6.07) is 0. The van der Waals surface area contributed by atoms with E-state index in [4.69, 9.17) is 9.47 Å². The Labute approximate surface area is 532 Å². The smallest absolute Gasteiger partial charge is 0.345 e. The Balaban J connectivity index is 4.42. The molecule has 0 bridgehead atoms. The Morgan fingerprint density at radius 1 is 0.221 bits per heavy atom. The molecular formula is C82H130O4. The molecule has 0 aromatic rings. The van der Waals surface area contributed by atoms with E-state index in [-0.39, 0.29) is 18.8 Å². The molecule has 0 spiro atoms. The van der Waals surface area contributed by atoms with Crippen molar-refractivity contribution < 1.29 is 19.1 Å². The highest BCUT2D eigenvalue weighted by atomic mass is 16.6. The van der Waals surface area contributed by atoms with Crippen LogP contribution in [-0.2, 0) is 19.1 Å². The van der Waals surface area contributed by atoms with E-state index >= 15 is 0 Å². The molecule has 86 heavy (non-hydrogen) atoms. The maximum Gasteiger partial charge on any atom is 0.345 e. The lowest BCUT2D eigenvalue weighted by atomic mass is 10.0. The van der Waals surface area contributed by atoms with Crippen molar-refractivity contribution in [2.24, 2.45) is 0 Å². The standard InChI is InChI=1S/C82H130O4/c1-19-85-81(83)80(82(84)86-20-2)64-63-79(18)62-34-61-78(17)60-33-59-77(16)58-32-57-76(15)56-31-55-75(14)54-30-53-74(13)52-29-51-73(12)50-28-49-72(11)48-27-47-71(10)46-26-45-70(9)44-25-43-69(8)42-24-41-68(7)40-23-39-67(6)38-22-37-66(5)36-21-35-65(3)4/h35,37,39,41,43,45,47,49,51,53,55,57,59,61,63-64H,19-34,36,38,40,42,44,46,48,50,52,54,56,58,60,62H2,1-18H3/b66-37+,67-39+,68-41-,69-43-,70-45-,71-47-,72-49-,73-51-,74-53-,75-55-,76-57-,77-59-,78-61-,79-63-. The van der Waals surface area contributed by atoms with Gasteiger partial charge in [-0.2, -0.15) is 0 Å². The zero-order valence-corrected chi connectivity index (χ0v) is 59.1. The summed E-state index contributed by atoms with van der Waals surface area (Å²) in [6.45, 7) is 40.0. The van der Waals surface area contributed by atoms with E-state index in [2.05, 4.69) is 189 Å². The Bertz CT molecular complexity index is 2450. The topological polar surface area (TPSA) is 52.6 Å². The average Bonchev–Trinajstić information content (AvgIpc) is 3.61. The van der Waals surface area contributed by atoms with Gasteiger partial charge in [-0.3, -0.25) is 0 Å². The molecular weight excluding hydrogens is 1050 g/mol. The first-order chi connectivity index (χ1) is 41.0. The van der Waals surface area contributed by atoms with Gasteiger partial charge < -0.3 is 9.47 Å². The van der Waals surface area contributed by atoms with Gasteiger partial charge in [0.05, 0.1) is 13.2 Å². The monoisotopic (exact) mass is 1180 g/mol. The number of hydrogen-bond donors (Lipinski definition) is 0. The second-order valence-electron chi connectivity index (χ2n) is 25.5. The van der Waals surface area contributed by atoms with Crippen molar-refractivity contribution in [2.45, 2.75) is 304 Å². The Kier molecular flexibility index (Phi) is 49.7. The zero-order valence-electron chi connectivity index (χ0n) is 59.1. The Hall–Kier alpha value is -5.22. The van der Waals surface area contributed by atoms with Gasteiger partial charge in [0.15, 0.2) is 0 Å². The van der Waals surface area contributed by atoms with Crippen molar-refractivity contribution in [3.8, 4) is 0 Å². The van der Waals surface area contributed by atoms with E-state index in [0.717, 1.165) is 147 Å². The number of allylic oxidation sites excluding steroid dienone is 31. The number of ether oxygens (including phenoxy) is 2. The first-order valence-corrected chi connectivity index (χ1v) is 33.9. The maximum atomic E-state index is 12.2. The first kappa shape index (κ1) is 80.8. The van der Waals surface area contributed by atoms with Crippen molar-refractivity contribution in [3.05, 3.63) is 186 Å². The molecule has 0 saturated carbocycles. The molecule has 4 nitrogen and oxygen atoms in total. The quantitative estimate of drug-likeness (QED) is 0.0152. The molecule has 0 amide bonds. The van der Waals surface area contributed by atoms with Crippen LogP contribution in [-0.4, -0.2) is 25.2 Å². The number of hydrogen-bond acceptors (Lipinski definition) is 4. The van der Waals surface area contributed by atoms with Gasteiger partial charge in [0.25, 0.3) is 0 Å². The minimum Gasteiger partial charge on any atom is -0.462 e. The molecule has 0 radical (unpaired) electrons. The molecule has 0 aromatic carbocycles. The van der Waals surface area contributed by atoms with Crippen molar-refractivity contribution >= 4 is 11.9 Å². The van der Waals surface area contributed by atoms with Gasteiger partial charge in [-0.05, 0) is 310 Å². The average molecular weight is 1180 g/mol. The molecule has 0 unspecified atom stereocenters. The molecule has 482 valence electrons. The normalized spacial score (nSPS) is 14.5. The fourth-order valence-electron chi connectivity index (χ4n) is 9.96. The lowest BCUT2D eigenvalue weighted by Crippen LogP contribution is -2.18. The largest absolute Gasteiger partial charge is 0.462 e. The van der Waals surface area contributed by atoms with E-state index in [9.17, 15) is 9.59 Å². The highest BCUT2D eigenvalue weighted by Gasteiger charge is 2.20. The molecule has 0 atom stereocenters. The summed E-state index contributed by atoms with van der Waals surface area (Å²) in [7, 11) is 0. The molecule has 4 heteroatoms. The third-order valence-corrected chi connectivity index (χ3v) is 16.0. The van der Waals surface area contributed by atoms with Crippen LogP contribution in [0.4, 0.5) is 0 Å². The zero-order chi connectivity index (χ0) is 64.3. The van der Waals surface area contributed by atoms with E-state index in [0.29, 0.717) is 0 Å². The summed E-state index contributed by atoms with van der Waals surface area (Å²) in [4.78, 5) is 24.4. The van der Waals surface area contributed by atoms with Crippen molar-refractivity contribution in [3.63, 3.8) is 0 Å². The van der Waals surface area contributed by atoms with Crippen LogP contribution in [0.2, 0.25) is 0 Å². The third-order valence-electron chi connectivity index (χ3n) is 16.0. The van der Waals surface area contributed by atoms with Gasteiger partial charge in [-0.25, -0.2) is 9.59 Å². The van der Waals surface area contributed by atoms with Crippen LogP contribution in [0.15, 0.2) is 186 Å². The van der Waals surface area contributed by atoms with Gasteiger partial charge in [0, 0.05) is 0 Å². The number of carbonyl (C=O) groups excluding carboxylic acids is 2. The molecule has 0 saturated heterocycles. The molecule has 0 aliphatic carbocycles. The summed E-state index contributed by atoms with van der Waals surface area (Å²) < 4.78 is 10.1. The van der Waals surface area contributed by atoms with Gasteiger partial charge in [-0.1, -0.05) is 175 Å². The van der Waals surface area contributed by atoms with E-state index in [1.807, 2.05) is 13.0 Å². The second kappa shape index (κ2) is 52.9.